The highest BCUT2D eigenvalue weighted by Crippen LogP contribution is 2.28. The molecule has 0 saturated heterocycles. The van der Waals surface area contributed by atoms with Gasteiger partial charge in [0.2, 0.25) is 0 Å². The van der Waals surface area contributed by atoms with Crippen molar-refractivity contribution >= 4 is 5.96 Å². The van der Waals surface area contributed by atoms with E-state index in [1.807, 2.05) is 7.05 Å². The Morgan fingerprint density at radius 1 is 1.31 bits per heavy atom. The highest BCUT2D eigenvalue weighted by Gasteiger charge is 2.33. The third-order valence-corrected chi connectivity index (χ3v) is 3.22. The summed E-state index contributed by atoms with van der Waals surface area (Å²) in [5.74, 6) is 2.55. The van der Waals surface area contributed by atoms with Gasteiger partial charge in [-0.15, -0.1) is 0 Å². The summed E-state index contributed by atoms with van der Waals surface area (Å²) in [5.41, 5.74) is 0. The molecule has 1 saturated carbocycles. The summed E-state index contributed by atoms with van der Waals surface area (Å²) in [5, 5.41) is 6.90. The zero-order chi connectivity index (χ0) is 12.1. The van der Waals surface area contributed by atoms with Gasteiger partial charge in [0.1, 0.15) is 0 Å². The molecule has 1 fully saturated rings. The molecule has 3 heteroatoms. The first-order valence-corrected chi connectivity index (χ1v) is 6.52. The number of guanidine groups is 1. The largest absolute Gasteiger partial charge is 0.354 e. The molecule has 0 aliphatic heterocycles. The van der Waals surface area contributed by atoms with Gasteiger partial charge in [0.05, 0.1) is 0 Å². The Morgan fingerprint density at radius 3 is 2.38 bits per heavy atom. The molecule has 0 bridgehead atoms. The van der Waals surface area contributed by atoms with Crippen molar-refractivity contribution in [1.82, 2.24) is 10.6 Å². The van der Waals surface area contributed by atoms with Crippen LogP contribution in [0.4, 0.5) is 0 Å². The van der Waals surface area contributed by atoms with E-state index in [2.05, 4.69) is 43.3 Å². The topological polar surface area (TPSA) is 36.4 Å². The fourth-order valence-electron chi connectivity index (χ4n) is 1.76. The van der Waals surface area contributed by atoms with E-state index in [9.17, 15) is 0 Å². The van der Waals surface area contributed by atoms with Gasteiger partial charge in [0, 0.05) is 19.1 Å². The summed E-state index contributed by atoms with van der Waals surface area (Å²) in [6.45, 7) is 9.04. The van der Waals surface area contributed by atoms with Crippen LogP contribution in [0.1, 0.15) is 47.0 Å². The van der Waals surface area contributed by atoms with Crippen molar-refractivity contribution in [2.24, 2.45) is 16.8 Å². The highest BCUT2D eigenvalue weighted by atomic mass is 15.2. The van der Waals surface area contributed by atoms with Crippen LogP contribution in [0.15, 0.2) is 4.99 Å². The summed E-state index contributed by atoms with van der Waals surface area (Å²) in [7, 11) is 1.84. The second-order valence-electron chi connectivity index (χ2n) is 5.55. The molecule has 0 heterocycles. The molecule has 3 unspecified atom stereocenters. The van der Waals surface area contributed by atoms with Crippen molar-refractivity contribution in [3.8, 4) is 0 Å². The van der Waals surface area contributed by atoms with Gasteiger partial charge in [-0.25, -0.2) is 0 Å². The van der Waals surface area contributed by atoms with E-state index in [1.54, 1.807) is 0 Å². The number of hydrogen-bond donors (Lipinski definition) is 2. The Hall–Kier alpha value is -0.730. The average molecular weight is 225 g/mol. The van der Waals surface area contributed by atoms with E-state index in [-0.39, 0.29) is 0 Å². The van der Waals surface area contributed by atoms with Crippen molar-refractivity contribution in [3.63, 3.8) is 0 Å². The minimum Gasteiger partial charge on any atom is -0.354 e. The van der Waals surface area contributed by atoms with Crippen LogP contribution in [-0.2, 0) is 0 Å². The lowest BCUT2D eigenvalue weighted by Crippen LogP contribution is -2.43. The fourth-order valence-corrected chi connectivity index (χ4v) is 1.76. The van der Waals surface area contributed by atoms with Gasteiger partial charge in [-0.05, 0) is 38.0 Å². The second-order valence-corrected chi connectivity index (χ2v) is 5.55. The lowest BCUT2D eigenvalue weighted by molar-refractivity contribution is 0.488. The minimum absolute atomic E-state index is 0.502. The van der Waals surface area contributed by atoms with E-state index in [4.69, 9.17) is 0 Å². The Labute approximate surface area is 100 Å². The van der Waals surface area contributed by atoms with Crippen LogP contribution in [0.5, 0.6) is 0 Å². The summed E-state index contributed by atoms with van der Waals surface area (Å²) in [6, 6.07) is 1.14. The molecule has 94 valence electrons. The van der Waals surface area contributed by atoms with Crippen LogP contribution in [0, 0.1) is 11.8 Å². The molecule has 1 rings (SSSR count). The standard InChI is InChI=1S/C13H27N3/c1-9(2)6-7-11(4)15-13(14-5)16-12-8-10(12)3/h9-12H,6-8H2,1-5H3,(H2,14,15,16). The molecule has 2 N–H and O–H groups in total. The first kappa shape index (κ1) is 13.3. The monoisotopic (exact) mass is 225 g/mol. The van der Waals surface area contributed by atoms with Gasteiger partial charge < -0.3 is 10.6 Å². The molecule has 0 aromatic carbocycles. The summed E-state index contributed by atoms with van der Waals surface area (Å²) >= 11 is 0. The predicted molar refractivity (Wildman–Crippen MR) is 70.7 cm³/mol. The second kappa shape index (κ2) is 6.12. The first-order valence-electron chi connectivity index (χ1n) is 6.52. The summed E-state index contributed by atoms with van der Waals surface area (Å²) < 4.78 is 0. The molecule has 16 heavy (non-hydrogen) atoms. The molecular weight excluding hydrogens is 198 g/mol. The number of aliphatic imine (C=N–C) groups is 1. The van der Waals surface area contributed by atoms with E-state index in [0.29, 0.717) is 12.1 Å². The maximum Gasteiger partial charge on any atom is 0.191 e. The number of nitrogens with zero attached hydrogens (tertiary/aromatic N) is 1. The zero-order valence-electron chi connectivity index (χ0n) is 11.4. The Bertz CT molecular complexity index is 235. The SMILES string of the molecule is CN=C(NC(C)CCC(C)C)NC1CC1C. The van der Waals surface area contributed by atoms with Gasteiger partial charge in [-0.2, -0.15) is 0 Å². The van der Waals surface area contributed by atoms with Gasteiger partial charge in [0.25, 0.3) is 0 Å². The van der Waals surface area contributed by atoms with Crippen molar-refractivity contribution in [1.29, 1.82) is 0 Å². The van der Waals surface area contributed by atoms with E-state index >= 15 is 0 Å². The number of rotatable bonds is 5. The molecule has 1 aliphatic rings. The van der Waals surface area contributed by atoms with Gasteiger partial charge in [0.15, 0.2) is 5.96 Å². The Balaban J connectivity index is 2.21. The molecule has 0 aromatic heterocycles. The molecule has 1 aliphatic carbocycles. The van der Waals surface area contributed by atoms with Crippen molar-refractivity contribution < 1.29 is 0 Å². The Morgan fingerprint density at radius 2 is 1.94 bits per heavy atom. The molecule has 0 spiro atoms. The van der Waals surface area contributed by atoms with Gasteiger partial charge >= 0.3 is 0 Å². The number of nitrogens with one attached hydrogen (secondary N) is 2. The van der Waals surface area contributed by atoms with Crippen LogP contribution < -0.4 is 10.6 Å². The van der Waals surface area contributed by atoms with E-state index in [1.165, 1.54) is 19.3 Å². The number of hydrogen-bond acceptors (Lipinski definition) is 1. The van der Waals surface area contributed by atoms with E-state index < -0.39 is 0 Å². The van der Waals surface area contributed by atoms with E-state index in [0.717, 1.165) is 17.8 Å². The third kappa shape index (κ3) is 4.86. The van der Waals surface area contributed by atoms with Crippen LogP contribution >= 0.6 is 0 Å². The summed E-state index contributed by atoms with van der Waals surface area (Å²) in [4.78, 5) is 4.26. The van der Waals surface area contributed by atoms with Gasteiger partial charge in [-0.1, -0.05) is 20.8 Å². The highest BCUT2D eigenvalue weighted by molar-refractivity contribution is 5.80. The zero-order valence-corrected chi connectivity index (χ0v) is 11.4. The lowest BCUT2D eigenvalue weighted by Gasteiger charge is -2.18. The lowest BCUT2D eigenvalue weighted by atomic mass is 10.0. The maximum atomic E-state index is 4.26. The van der Waals surface area contributed by atoms with Gasteiger partial charge in [-0.3, -0.25) is 4.99 Å². The predicted octanol–water partition coefficient (Wildman–Crippen LogP) is 2.38. The summed E-state index contributed by atoms with van der Waals surface area (Å²) in [6.07, 6.45) is 3.75. The molecule has 0 radical (unpaired) electrons. The molecular formula is C13H27N3. The average Bonchev–Trinajstić information content (AvgIpc) is 2.90. The normalized spacial score (nSPS) is 26.8. The molecule has 3 nitrogen and oxygen atoms in total. The smallest absolute Gasteiger partial charge is 0.191 e. The van der Waals surface area contributed by atoms with Crippen molar-refractivity contribution in [2.45, 2.75) is 59.0 Å². The Kier molecular flexibility index (Phi) is 5.10. The van der Waals surface area contributed by atoms with Crippen LogP contribution in [0.25, 0.3) is 0 Å². The molecule has 0 aromatic rings. The quantitative estimate of drug-likeness (QED) is 0.557. The van der Waals surface area contributed by atoms with Crippen molar-refractivity contribution in [2.75, 3.05) is 7.05 Å². The minimum atomic E-state index is 0.502. The molecule has 0 amide bonds. The van der Waals surface area contributed by atoms with Crippen LogP contribution in [0.2, 0.25) is 0 Å². The molecule has 3 atom stereocenters. The first-order chi connectivity index (χ1) is 7.52. The fraction of sp³-hybridized carbons (Fsp3) is 0.923. The van der Waals surface area contributed by atoms with Crippen molar-refractivity contribution in [3.05, 3.63) is 0 Å². The maximum absolute atomic E-state index is 4.26. The van der Waals surface area contributed by atoms with Crippen LogP contribution in [-0.4, -0.2) is 25.1 Å². The third-order valence-electron chi connectivity index (χ3n) is 3.22. The van der Waals surface area contributed by atoms with Crippen LogP contribution in [0.3, 0.4) is 0 Å².